The molecule has 3 N–H and O–H groups in total. The quantitative estimate of drug-likeness (QED) is 0.682. The highest BCUT2D eigenvalue weighted by Gasteiger charge is 2.71. The molecule has 8 nitrogen and oxygen atoms in total. The number of primary sulfonamides is 1. The summed E-state index contributed by atoms with van der Waals surface area (Å²) in [4.78, 5) is 16.9. The van der Waals surface area contributed by atoms with E-state index in [1.54, 1.807) is 18.2 Å². The van der Waals surface area contributed by atoms with Gasteiger partial charge in [0.1, 0.15) is 5.52 Å². The van der Waals surface area contributed by atoms with E-state index in [0.29, 0.717) is 41.3 Å². The van der Waals surface area contributed by atoms with Crippen LogP contribution in [0.3, 0.4) is 0 Å². The molecule has 3 aliphatic carbocycles. The van der Waals surface area contributed by atoms with E-state index >= 15 is 0 Å². The van der Waals surface area contributed by atoms with Gasteiger partial charge in [0.05, 0.1) is 5.41 Å². The number of hydrogen-bond acceptors (Lipinski definition) is 6. The number of sulfonamides is 1. The van der Waals surface area contributed by atoms with Crippen LogP contribution in [0.2, 0.25) is 5.02 Å². The molecule has 0 atom stereocenters. The molecule has 0 radical (unpaired) electrons. The fraction of sp³-hybridized carbons (Fsp3) is 0.294. The highest BCUT2D eigenvalue weighted by atomic mass is 35.5. The van der Waals surface area contributed by atoms with Crippen LogP contribution in [0.4, 0.5) is 0 Å². The standard InChI is InChI=1S/C17H14ClN3O5S/c18-9-1-2-11-10(5-9)20-15(26-11)16-6-17(7-16,8-16)21-14(22)12-3-4-13(25-12)27(19,23)24/h1-5H,6-8H2,(H,21,22)(H2,19,23,24). The van der Waals surface area contributed by atoms with Crippen molar-refractivity contribution in [3.63, 3.8) is 0 Å². The van der Waals surface area contributed by atoms with E-state index < -0.39 is 21.0 Å². The van der Waals surface area contributed by atoms with E-state index in [1.807, 2.05) is 0 Å². The number of aromatic nitrogens is 1. The molecule has 6 rings (SSSR count). The van der Waals surface area contributed by atoms with Gasteiger partial charge in [0.25, 0.3) is 15.9 Å². The normalized spacial score (nSPS) is 26.4. The lowest BCUT2D eigenvalue weighted by Crippen LogP contribution is -2.76. The zero-order valence-corrected chi connectivity index (χ0v) is 15.4. The molecule has 10 heteroatoms. The van der Waals surface area contributed by atoms with Crippen LogP contribution in [0.25, 0.3) is 11.1 Å². The molecule has 2 aromatic heterocycles. The number of amides is 1. The average molecular weight is 408 g/mol. The maximum atomic E-state index is 12.3. The van der Waals surface area contributed by atoms with Crippen molar-refractivity contribution in [3.8, 4) is 0 Å². The lowest BCUT2D eigenvalue weighted by molar-refractivity contribution is -0.0958. The smallest absolute Gasteiger partial charge is 0.287 e. The Morgan fingerprint density at radius 3 is 2.59 bits per heavy atom. The first-order valence-electron chi connectivity index (χ1n) is 8.20. The van der Waals surface area contributed by atoms with Crippen LogP contribution in [0, 0.1) is 0 Å². The maximum Gasteiger partial charge on any atom is 0.287 e. The summed E-state index contributed by atoms with van der Waals surface area (Å²) in [5.41, 5.74) is 0.882. The number of nitrogens with zero attached hydrogens (tertiary/aromatic N) is 1. The summed E-state index contributed by atoms with van der Waals surface area (Å²) in [6.45, 7) is 0. The number of rotatable bonds is 4. The van der Waals surface area contributed by atoms with Gasteiger partial charge in [-0.3, -0.25) is 4.79 Å². The predicted octanol–water partition coefficient (Wildman–Crippen LogP) is 2.33. The molecule has 2 bridgehead atoms. The number of carbonyl (C=O) groups is 1. The van der Waals surface area contributed by atoms with Gasteiger partial charge in [-0.2, -0.15) is 0 Å². The summed E-state index contributed by atoms with van der Waals surface area (Å²) in [5.74, 6) is 0.0993. The number of hydrogen-bond donors (Lipinski definition) is 2. The van der Waals surface area contributed by atoms with Crippen LogP contribution in [0.15, 0.2) is 44.3 Å². The summed E-state index contributed by atoms with van der Waals surface area (Å²) in [5, 5.41) is 8.07. The molecule has 27 heavy (non-hydrogen) atoms. The van der Waals surface area contributed by atoms with Crippen molar-refractivity contribution < 1.29 is 22.0 Å². The number of carbonyl (C=O) groups excluding carboxylic acids is 1. The van der Waals surface area contributed by atoms with Gasteiger partial charge < -0.3 is 14.2 Å². The number of furan rings is 1. The lowest BCUT2D eigenvalue weighted by atomic mass is 9.39. The second-order valence-corrected chi connectivity index (χ2v) is 9.27. The molecule has 0 aliphatic heterocycles. The lowest BCUT2D eigenvalue weighted by Gasteiger charge is -2.68. The number of fused-ring (bicyclic) bond motifs is 1. The van der Waals surface area contributed by atoms with Gasteiger partial charge in [-0.1, -0.05) is 11.6 Å². The fourth-order valence-electron chi connectivity index (χ4n) is 4.17. The molecule has 3 aliphatic rings. The van der Waals surface area contributed by atoms with E-state index in [2.05, 4.69) is 10.3 Å². The van der Waals surface area contributed by atoms with Gasteiger partial charge in [0, 0.05) is 10.6 Å². The van der Waals surface area contributed by atoms with Gasteiger partial charge in [-0.25, -0.2) is 18.5 Å². The molecule has 0 spiro atoms. The largest absolute Gasteiger partial charge is 0.440 e. The Labute approximate surface area is 158 Å². The van der Waals surface area contributed by atoms with E-state index in [0.717, 1.165) is 6.07 Å². The van der Waals surface area contributed by atoms with E-state index in [9.17, 15) is 13.2 Å². The van der Waals surface area contributed by atoms with Crippen molar-refractivity contribution in [1.82, 2.24) is 10.3 Å². The molecule has 0 unspecified atom stereocenters. The SMILES string of the molecule is NS(=O)(=O)c1ccc(C(=O)NC23CC(c4nc5cc(Cl)ccc5o4)(C2)C3)o1. The molecule has 140 valence electrons. The zero-order valence-electron chi connectivity index (χ0n) is 13.9. The summed E-state index contributed by atoms with van der Waals surface area (Å²) < 4.78 is 33.4. The van der Waals surface area contributed by atoms with Crippen LogP contribution in [-0.2, 0) is 15.4 Å². The minimum absolute atomic E-state index is 0.0886. The van der Waals surface area contributed by atoms with Crippen molar-refractivity contribution in [2.24, 2.45) is 5.14 Å². The number of nitrogens with two attached hydrogens (primary N) is 1. The second kappa shape index (κ2) is 5.12. The average Bonchev–Trinajstić information content (AvgIpc) is 3.14. The molecule has 2 heterocycles. The number of benzene rings is 1. The van der Waals surface area contributed by atoms with E-state index in [-0.39, 0.29) is 16.7 Å². The summed E-state index contributed by atoms with van der Waals surface area (Å²) >= 11 is 5.98. The maximum absolute atomic E-state index is 12.3. The summed E-state index contributed by atoms with van der Waals surface area (Å²) in [7, 11) is -3.98. The zero-order chi connectivity index (χ0) is 19.0. The predicted molar refractivity (Wildman–Crippen MR) is 94.8 cm³/mol. The van der Waals surface area contributed by atoms with Crippen molar-refractivity contribution in [1.29, 1.82) is 0 Å². The van der Waals surface area contributed by atoms with Gasteiger partial charge in [0.2, 0.25) is 11.0 Å². The second-order valence-electron chi connectivity index (χ2n) is 7.34. The van der Waals surface area contributed by atoms with Gasteiger partial charge in [0.15, 0.2) is 11.3 Å². The molecule has 3 saturated carbocycles. The Morgan fingerprint density at radius 2 is 1.93 bits per heavy atom. The van der Waals surface area contributed by atoms with E-state index in [1.165, 1.54) is 6.07 Å². The van der Waals surface area contributed by atoms with Gasteiger partial charge in [-0.05, 0) is 49.6 Å². The third kappa shape index (κ3) is 2.49. The third-order valence-corrected chi connectivity index (χ3v) is 6.31. The van der Waals surface area contributed by atoms with Crippen LogP contribution in [-0.4, -0.2) is 24.8 Å². The highest BCUT2D eigenvalue weighted by molar-refractivity contribution is 7.89. The van der Waals surface area contributed by atoms with Gasteiger partial charge in [-0.15, -0.1) is 0 Å². The minimum Gasteiger partial charge on any atom is -0.440 e. The topological polar surface area (TPSA) is 128 Å². The monoisotopic (exact) mass is 407 g/mol. The van der Waals surface area contributed by atoms with Crippen LogP contribution >= 0.6 is 11.6 Å². The van der Waals surface area contributed by atoms with Gasteiger partial charge >= 0.3 is 0 Å². The molecule has 1 amide bonds. The van der Waals surface area contributed by atoms with Crippen molar-refractivity contribution in [2.75, 3.05) is 0 Å². The van der Waals surface area contributed by atoms with E-state index in [4.69, 9.17) is 25.6 Å². The highest BCUT2D eigenvalue weighted by Crippen LogP contribution is 2.67. The molecule has 1 aromatic carbocycles. The summed E-state index contributed by atoms with van der Waals surface area (Å²) in [6.07, 6.45) is 2.11. The molecule has 3 aromatic rings. The van der Waals surface area contributed by atoms with Crippen molar-refractivity contribution in [3.05, 3.63) is 47.0 Å². The number of oxazole rings is 1. The first kappa shape index (κ1) is 16.8. The number of halogens is 1. The van der Waals surface area contributed by atoms with Crippen LogP contribution in [0.5, 0.6) is 0 Å². The molecular formula is C17H14ClN3O5S. The Hall–Kier alpha value is -2.36. The third-order valence-electron chi connectivity index (χ3n) is 5.30. The first-order chi connectivity index (χ1) is 12.7. The van der Waals surface area contributed by atoms with Crippen molar-refractivity contribution in [2.45, 2.75) is 35.3 Å². The van der Waals surface area contributed by atoms with Crippen molar-refractivity contribution >= 4 is 38.6 Å². The fourth-order valence-corrected chi connectivity index (χ4v) is 4.80. The molecule has 0 saturated heterocycles. The first-order valence-corrected chi connectivity index (χ1v) is 10.1. The Bertz CT molecular complexity index is 1190. The minimum atomic E-state index is -3.98. The molecular weight excluding hydrogens is 394 g/mol. The van der Waals surface area contributed by atoms with Crippen LogP contribution < -0.4 is 10.5 Å². The Kier molecular flexibility index (Phi) is 3.18. The summed E-state index contributed by atoms with van der Waals surface area (Å²) in [6, 6.07) is 7.75. The number of nitrogens with one attached hydrogen (secondary N) is 1. The van der Waals surface area contributed by atoms with Crippen LogP contribution in [0.1, 0.15) is 35.7 Å². The Balaban J connectivity index is 1.30. The molecule has 3 fully saturated rings. The Morgan fingerprint density at radius 1 is 1.19 bits per heavy atom.